The van der Waals surface area contributed by atoms with Crippen molar-refractivity contribution in [1.29, 1.82) is 5.26 Å². The lowest BCUT2D eigenvalue weighted by Crippen LogP contribution is -2.45. The predicted octanol–water partition coefficient (Wildman–Crippen LogP) is 0.767. The molecule has 3 rings (SSSR count). The van der Waals surface area contributed by atoms with Crippen LogP contribution in [0.1, 0.15) is 35.5 Å². The normalized spacial score (nSPS) is 14.0. The van der Waals surface area contributed by atoms with Gasteiger partial charge in [0.25, 0.3) is 5.56 Å². The molecular weight excluding hydrogens is 328 g/mol. The summed E-state index contributed by atoms with van der Waals surface area (Å²) in [6.07, 6.45) is 1.25. The molecule has 0 saturated carbocycles. The second kappa shape index (κ2) is 6.45. The van der Waals surface area contributed by atoms with Crippen molar-refractivity contribution in [3.63, 3.8) is 0 Å². The molecule has 1 N–H and O–H groups in total. The summed E-state index contributed by atoms with van der Waals surface area (Å²) in [5.41, 5.74) is -0.762. The monoisotopic (exact) mass is 344 g/mol. The minimum absolute atomic E-state index is 0.0359. The van der Waals surface area contributed by atoms with E-state index in [0.29, 0.717) is 18.7 Å². The van der Waals surface area contributed by atoms with Crippen LogP contribution in [-0.2, 0) is 24.3 Å². The summed E-state index contributed by atoms with van der Waals surface area (Å²) in [6, 6.07) is 5.46. The summed E-state index contributed by atoms with van der Waals surface area (Å²) in [6.45, 7) is 1.92. The molecule has 24 heavy (non-hydrogen) atoms. The van der Waals surface area contributed by atoms with Gasteiger partial charge in [-0.3, -0.25) is 14.2 Å². The number of amides is 1. The maximum absolute atomic E-state index is 12.4. The largest absolute Gasteiger partial charge is 0.347 e. The number of thiophene rings is 1. The molecule has 0 aliphatic carbocycles. The zero-order valence-corrected chi connectivity index (χ0v) is 13.9. The molecule has 2 aromatic heterocycles. The summed E-state index contributed by atoms with van der Waals surface area (Å²) in [7, 11) is 0. The van der Waals surface area contributed by atoms with Gasteiger partial charge in [-0.05, 0) is 31.2 Å². The van der Waals surface area contributed by atoms with E-state index in [2.05, 4.69) is 5.32 Å². The molecule has 3 heterocycles. The topological polar surface area (TPSA) is 96.9 Å². The first kappa shape index (κ1) is 16.2. The van der Waals surface area contributed by atoms with E-state index in [4.69, 9.17) is 0 Å². The van der Waals surface area contributed by atoms with E-state index >= 15 is 0 Å². The smallest absolute Gasteiger partial charge is 0.331 e. The average molecular weight is 344 g/mol. The van der Waals surface area contributed by atoms with Gasteiger partial charge in [0, 0.05) is 17.1 Å². The highest BCUT2D eigenvalue weighted by Crippen LogP contribution is 2.18. The van der Waals surface area contributed by atoms with Crippen molar-refractivity contribution in [2.24, 2.45) is 0 Å². The van der Waals surface area contributed by atoms with Crippen LogP contribution in [0.4, 0.5) is 0 Å². The van der Waals surface area contributed by atoms with Crippen molar-refractivity contribution >= 4 is 17.2 Å². The second-order valence-electron chi connectivity index (χ2n) is 5.67. The molecule has 1 atom stereocenters. The Morgan fingerprint density at radius 2 is 2.29 bits per heavy atom. The number of aromatic nitrogens is 2. The van der Waals surface area contributed by atoms with Crippen LogP contribution >= 0.6 is 11.3 Å². The molecule has 0 unspecified atom stereocenters. The molecule has 0 fully saturated rings. The number of carbonyl (C=O) groups excluding carboxylic acids is 1. The quantitative estimate of drug-likeness (QED) is 0.886. The summed E-state index contributed by atoms with van der Waals surface area (Å²) in [5, 5.41) is 13.9. The first-order valence-electron chi connectivity index (χ1n) is 7.62. The van der Waals surface area contributed by atoms with Crippen LogP contribution in [0.2, 0.25) is 0 Å². The number of rotatable bonds is 4. The van der Waals surface area contributed by atoms with Gasteiger partial charge in [0.1, 0.15) is 18.2 Å². The molecule has 2 aromatic rings. The van der Waals surface area contributed by atoms with Crippen LogP contribution in [0.15, 0.2) is 27.1 Å². The molecule has 0 spiro atoms. The molecule has 1 aliphatic heterocycles. The molecule has 0 saturated heterocycles. The van der Waals surface area contributed by atoms with E-state index in [1.54, 1.807) is 0 Å². The lowest BCUT2D eigenvalue weighted by atomic mass is 10.2. The van der Waals surface area contributed by atoms with Crippen molar-refractivity contribution < 1.29 is 4.79 Å². The fourth-order valence-electron chi connectivity index (χ4n) is 2.93. The fraction of sp³-hybridized carbons (Fsp3) is 0.375. The first-order valence-corrected chi connectivity index (χ1v) is 8.50. The molecule has 0 radical (unpaired) electrons. The molecule has 124 valence electrons. The summed E-state index contributed by atoms with van der Waals surface area (Å²) >= 11 is 1.52. The maximum atomic E-state index is 12.4. The van der Waals surface area contributed by atoms with Gasteiger partial charge >= 0.3 is 5.69 Å². The van der Waals surface area contributed by atoms with Gasteiger partial charge < -0.3 is 5.32 Å². The van der Waals surface area contributed by atoms with Crippen LogP contribution in [0.3, 0.4) is 0 Å². The third kappa shape index (κ3) is 2.78. The highest BCUT2D eigenvalue weighted by Gasteiger charge is 2.23. The molecule has 1 aliphatic rings. The van der Waals surface area contributed by atoms with Crippen LogP contribution in [-0.4, -0.2) is 15.0 Å². The van der Waals surface area contributed by atoms with Crippen molar-refractivity contribution in [1.82, 2.24) is 14.5 Å². The predicted molar refractivity (Wildman–Crippen MR) is 88.9 cm³/mol. The van der Waals surface area contributed by atoms with Crippen molar-refractivity contribution in [3.05, 3.63) is 54.5 Å². The maximum Gasteiger partial charge on any atom is 0.331 e. The lowest BCUT2D eigenvalue weighted by molar-refractivity contribution is -0.122. The van der Waals surface area contributed by atoms with Gasteiger partial charge in [0.15, 0.2) is 0 Å². The number of nitrogens with zero attached hydrogens (tertiary/aromatic N) is 3. The van der Waals surface area contributed by atoms with E-state index in [9.17, 15) is 19.6 Å². The van der Waals surface area contributed by atoms with Crippen molar-refractivity contribution in [2.45, 2.75) is 38.9 Å². The van der Waals surface area contributed by atoms with E-state index in [-0.39, 0.29) is 18.2 Å². The number of carbonyl (C=O) groups is 1. The van der Waals surface area contributed by atoms with Crippen LogP contribution in [0, 0.1) is 11.3 Å². The van der Waals surface area contributed by atoms with E-state index in [1.165, 1.54) is 15.9 Å². The second-order valence-corrected chi connectivity index (χ2v) is 6.65. The molecule has 0 aromatic carbocycles. The minimum Gasteiger partial charge on any atom is -0.347 e. The van der Waals surface area contributed by atoms with Gasteiger partial charge in [0.2, 0.25) is 5.91 Å². The SMILES string of the molecule is C[C@H](NC(=O)Cn1c(=O)c(C#N)c2n(c1=O)CCC2)c1cccs1. The Labute approximate surface area is 141 Å². The van der Waals surface area contributed by atoms with Crippen LogP contribution < -0.4 is 16.6 Å². The van der Waals surface area contributed by atoms with Crippen molar-refractivity contribution in [3.8, 4) is 6.07 Å². The highest BCUT2D eigenvalue weighted by molar-refractivity contribution is 7.10. The number of hydrogen-bond acceptors (Lipinski definition) is 5. The van der Waals surface area contributed by atoms with E-state index in [1.807, 2.05) is 30.5 Å². The van der Waals surface area contributed by atoms with Crippen LogP contribution in [0.25, 0.3) is 0 Å². The lowest BCUT2D eigenvalue weighted by Gasteiger charge is -2.14. The average Bonchev–Trinajstić information content (AvgIpc) is 3.23. The van der Waals surface area contributed by atoms with Gasteiger partial charge in [-0.1, -0.05) is 6.07 Å². The first-order chi connectivity index (χ1) is 11.5. The summed E-state index contributed by atoms with van der Waals surface area (Å²) in [4.78, 5) is 38.0. The molecular formula is C16H16N4O3S. The zero-order valence-electron chi connectivity index (χ0n) is 13.1. The Balaban J connectivity index is 1.88. The Morgan fingerprint density at radius 3 is 2.96 bits per heavy atom. The number of hydrogen-bond donors (Lipinski definition) is 1. The van der Waals surface area contributed by atoms with Gasteiger partial charge in [-0.2, -0.15) is 5.26 Å². The molecule has 7 nitrogen and oxygen atoms in total. The Hall–Kier alpha value is -2.66. The molecule has 0 bridgehead atoms. The molecule has 1 amide bonds. The fourth-order valence-corrected chi connectivity index (χ4v) is 3.66. The Bertz CT molecular complexity index is 934. The third-order valence-corrected chi connectivity index (χ3v) is 5.15. The highest BCUT2D eigenvalue weighted by atomic mass is 32.1. The third-order valence-electron chi connectivity index (χ3n) is 4.09. The van der Waals surface area contributed by atoms with Gasteiger partial charge in [0.05, 0.1) is 6.04 Å². The number of nitriles is 1. The standard InChI is InChI=1S/C16H16N4O3S/c1-10(13-5-3-7-24-13)18-14(21)9-20-15(22)11(8-17)12-4-2-6-19(12)16(20)23/h3,5,7,10H,2,4,6,9H2,1H3,(H,18,21)/t10-/m0/s1. The van der Waals surface area contributed by atoms with Crippen molar-refractivity contribution in [2.75, 3.05) is 0 Å². The summed E-state index contributed by atoms with van der Waals surface area (Å²) < 4.78 is 2.28. The number of fused-ring (bicyclic) bond motifs is 1. The van der Waals surface area contributed by atoms with Gasteiger partial charge in [-0.25, -0.2) is 9.36 Å². The van der Waals surface area contributed by atoms with E-state index in [0.717, 1.165) is 15.9 Å². The Kier molecular flexibility index (Phi) is 4.36. The number of nitrogens with one attached hydrogen (secondary N) is 1. The van der Waals surface area contributed by atoms with E-state index < -0.39 is 17.2 Å². The minimum atomic E-state index is -0.686. The van der Waals surface area contributed by atoms with Crippen LogP contribution in [0.5, 0.6) is 0 Å². The zero-order chi connectivity index (χ0) is 17.3. The molecule has 8 heteroatoms. The van der Waals surface area contributed by atoms with Gasteiger partial charge in [-0.15, -0.1) is 11.3 Å². The Morgan fingerprint density at radius 1 is 1.50 bits per heavy atom. The summed E-state index contributed by atoms with van der Waals surface area (Å²) in [5.74, 6) is -0.433.